The molecule has 0 aromatic heterocycles. The second-order valence-electron chi connectivity index (χ2n) is 18.2. The highest BCUT2D eigenvalue weighted by molar-refractivity contribution is 6.99. The van der Waals surface area contributed by atoms with Gasteiger partial charge in [0.1, 0.15) is 0 Å². The number of fused-ring (bicyclic) bond motifs is 5. The van der Waals surface area contributed by atoms with Crippen molar-refractivity contribution in [2.45, 2.75) is 123 Å². The molecule has 232 valence electrons. The van der Waals surface area contributed by atoms with E-state index in [1.807, 2.05) is 0 Å². The molecule has 0 amide bonds. The van der Waals surface area contributed by atoms with Gasteiger partial charge in [-0.1, -0.05) is 137 Å². The van der Waals surface area contributed by atoms with Crippen molar-refractivity contribution in [3.8, 4) is 0 Å². The largest absolute Gasteiger partial charge is 0.312 e. The van der Waals surface area contributed by atoms with E-state index in [0.29, 0.717) is 0 Å². The van der Waals surface area contributed by atoms with Gasteiger partial charge in [-0.15, -0.1) is 0 Å². The van der Waals surface area contributed by atoms with Crippen molar-refractivity contribution in [2.24, 2.45) is 0 Å². The molecule has 0 saturated carbocycles. The van der Waals surface area contributed by atoms with Crippen LogP contribution in [0.5, 0.6) is 0 Å². The van der Waals surface area contributed by atoms with Gasteiger partial charge in [0.2, 0.25) is 6.71 Å². The topological polar surface area (TPSA) is 3.24 Å². The maximum Gasteiger partial charge on any atom is 0.247 e. The van der Waals surface area contributed by atoms with Crippen LogP contribution in [0.15, 0.2) is 72.8 Å². The van der Waals surface area contributed by atoms with E-state index in [1.54, 1.807) is 11.1 Å². The molecule has 0 bridgehead atoms. The maximum absolute atomic E-state index is 2.67. The second-order valence-corrected chi connectivity index (χ2v) is 18.2. The summed E-state index contributed by atoms with van der Waals surface area (Å²) in [5.74, 6) is 0. The summed E-state index contributed by atoms with van der Waals surface area (Å²) in [4.78, 5) is 2.55. The summed E-state index contributed by atoms with van der Waals surface area (Å²) in [6.45, 7) is 28.9. The minimum Gasteiger partial charge on any atom is -0.312 e. The fourth-order valence-electron chi connectivity index (χ4n) is 8.61. The number of hydrogen-bond acceptors (Lipinski definition) is 1. The molecule has 0 fully saturated rings. The van der Waals surface area contributed by atoms with Crippen molar-refractivity contribution >= 4 is 40.2 Å². The Morgan fingerprint density at radius 2 is 1.13 bits per heavy atom. The van der Waals surface area contributed by atoms with Crippen molar-refractivity contribution < 1.29 is 0 Å². The molecule has 0 N–H and O–H groups in total. The van der Waals surface area contributed by atoms with E-state index in [0.717, 1.165) is 0 Å². The second kappa shape index (κ2) is 9.40. The molecule has 0 radical (unpaired) electrons. The minimum absolute atomic E-state index is 0.0621. The summed E-state index contributed by atoms with van der Waals surface area (Å²) in [6.07, 6.45) is 2.46. The third-order valence-electron chi connectivity index (χ3n) is 11.7. The molecule has 3 aliphatic rings. The third-order valence-corrected chi connectivity index (χ3v) is 11.7. The van der Waals surface area contributed by atoms with Gasteiger partial charge in [-0.2, -0.15) is 0 Å². The zero-order valence-electron chi connectivity index (χ0n) is 29.9. The van der Waals surface area contributed by atoms with Gasteiger partial charge in [-0.3, -0.25) is 0 Å². The van der Waals surface area contributed by atoms with Crippen LogP contribution in [0.2, 0.25) is 0 Å². The van der Waals surface area contributed by atoms with Crippen LogP contribution in [0.25, 0.3) is 0 Å². The van der Waals surface area contributed by atoms with E-state index in [-0.39, 0.29) is 33.8 Å². The van der Waals surface area contributed by atoms with Crippen molar-refractivity contribution in [2.75, 3.05) is 4.90 Å². The third kappa shape index (κ3) is 4.49. The Labute approximate surface area is 273 Å². The van der Waals surface area contributed by atoms with Gasteiger partial charge in [0, 0.05) is 22.5 Å². The maximum atomic E-state index is 2.67. The number of nitrogens with zero attached hydrogens (tertiary/aromatic N) is 1. The van der Waals surface area contributed by atoms with Gasteiger partial charge in [0.05, 0.1) is 0 Å². The molecule has 45 heavy (non-hydrogen) atoms. The van der Waals surface area contributed by atoms with Gasteiger partial charge in [-0.05, 0) is 103 Å². The van der Waals surface area contributed by atoms with Gasteiger partial charge in [0.25, 0.3) is 0 Å². The van der Waals surface area contributed by atoms with Crippen LogP contribution >= 0.6 is 0 Å². The van der Waals surface area contributed by atoms with Gasteiger partial charge in [0.15, 0.2) is 0 Å². The Balaban J connectivity index is 1.56. The molecule has 0 atom stereocenters. The van der Waals surface area contributed by atoms with E-state index >= 15 is 0 Å². The first-order chi connectivity index (χ1) is 20.8. The van der Waals surface area contributed by atoms with Crippen molar-refractivity contribution in [1.29, 1.82) is 0 Å². The van der Waals surface area contributed by atoms with E-state index in [4.69, 9.17) is 0 Å². The Bertz CT molecular complexity index is 1840. The average Bonchev–Trinajstić information content (AvgIpc) is 2.96. The predicted octanol–water partition coefficient (Wildman–Crippen LogP) is 9.57. The Hall–Kier alpha value is -3.26. The summed E-state index contributed by atoms with van der Waals surface area (Å²) in [5.41, 5.74) is 17.6. The molecule has 7 rings (SSSR count). The lowest BCUT2D eigenvalue weighted by atomic mass is 9.29. The van der Waals surface area contributed by atoms with Crippen molar-refractivity contribution in [3.05, 3.63) is 106 Å². The van der Waals surface area contributed by atoms with E-state index in [2.05, 4.69) is 161 Å². The molecule has 0 unspecified atom stereocenters. The number of hydrogen-bond donors (Lipinski definition) is 0. The standard InChI is InChI=1S/C43H52BN/c1-39(2,3)27-16-19-29(20-17-27)45-36-21-18-28(40(4,5)6)24-35(36)44-34-26-32-31(41(7,8)22-23-42(32,9)10)25-33(34)43(11,12)30-14-13-15-37(45)38(30)44/h13-21,24-26H,22-23H2,1-12H3. The van der Waals surface area contributed by atoms with Crippen LogP contribution in [0.4, 0.5) is 17.1 Å². The van der Waals surface area contributed by atoms with Crippen LogP contribution in [-0.2, 0) is 27.1 Å². The zero-order valence-corrected chi connectivity index (χ0v) is 29.9. The predicted molar refractivity (Wildman–Crippen MR) is 197 cm³/mol. The summed E-state index contributed by atoms with van der Waals surface area (Å²) in [5, 5.41) is 0. The van der Waals surface area contributed by atoms with Crippen LogP contribution in [0.1, 0.15) is 129 Å². The smallest absolute Gasteiger partial charge is 0.247 e. The fraction of sp³-hybridized carbons (Fsp3) is 0.442. The highest BCUT2D eigenvalue weighted by Crippen LogP contribution is 2.49. The molecule has 2 heteroatoms. The van der Waals surface area contributed by atoms with E-state index in [9.17, 15) is 0 Å². The van der Waals surface area contributed by atoms with Crippen LogP contribution in [0.3, 0.4) is 0 Å². The molecule has 2 aliphatic heterocycles. The molecule has 0 saturated heterocycles. The molecule has 2 heterocycles. The van der Waals surface area contributed by atoms with Gasteiger partial charge < -0.3 is 4.90 Å². The first-order valence-corrected chi connectivity index (χ1v) is 17.2. The lowest BCUT2D eigenvalue weighted by Gasteiger charge is -2.48. The van der Waals surface area contributed by atoms with Gasteiger partial charge in [-0.25, -0.2) is 0 Å². The first-order valence-electron chi connectivity index (χ1n) is 17.2. The molecule has 4 aromatic carbocycles. The molecule has 4 aromatic rings. The zero-order chi connectivity index (χ0) is 32.5. The molecular weight excluding hydrogens is 541 g/mol. The number of rotatable bonds is 1. The highest BCUT2D eigenvalue weighted by Gasteiger charge is 2.48. The highest BCUT2D eigenvalue weighted by atomic mass is 15.1. The number of anilines is 3. The quantitative estimate of drug-likeness (QED) is 0.175. The normalized spacial score (nSPS) is 18.9. The van der Waals surface area contributed by atoms with Crippen molar-refractivity contribution in [3.63, 3.8) is 0 Å². The average molecular weight is 594 g/mol. The van der Waals surface area contributed by atoms with Crippen molar-refractivity contribution in [1.82, 2.24) is 0 Å². The lowest BCUT2D eigenvalue weighted by molar-refractivity contribution is 0.331. The van der Waals surface area contributed by atoms with Crippen LogP contribution in [-0.4, -0.2) is 6.71 Å². The summed E-state index contributed by atoms with van der Waals surface area (Å²) in [6, 6.07) is 29.1. The molecular formula is C43H52BN. The first kappa shape index (κ1) is 30.4. The molecule has 1 aliphatic carbocycles. The molecule has 0 spiro atoms. The van der Waals surface area contributed by atoms with Crippen LogP contribution in [0, 0.1) is 0 Å². The summed E-state index contributed by atoms with van der Waals surface area (Å²) < 4.78 is 0. The Morgan fingerprint density at radius 3 is 1.73 bits per heavy atom. The fourth-order valence-corrected chi connectivity index (χ4v) is 8.61. The number of benzene rings is 4. The summed E-state index contributed by atoms with van der Waals surface area (Å²) >= 11 is 0. The Kier molecular flexibility index (Phi) is 6.35. The van der Waals surface area contributed by atoms with Gasteiger partial charge >= 0.3 is 0 Å². The SMILES string of the molecule is CC(C)(C)c1ccc(N2c3ccc(C(C)(C)C)cc3B3c4cc5c(cc4C(C)(C)c4cccc2c43)C(C)(C)CCC5(C)C)cc1. The van der Waals surface area contributed by atoms with E-state index in [1.165, 1.54) is 68.5 Å². The van der Waals surface area contributed by atoms with Crippen LogP contribution < -0.4 is 21.3 Å². The summed E-state index contributed by atoms with van der Waals surface area (Å²) in [7, 11) is 0. The monoisotopic (exact) mass is 593 g/mol. The minimum atomic E-state index is -0.106. The lowest BCUT2D eigenvalue weighted by Crippen LogP contribution is -2.64. The Morgan fingerprint density at radius 1 is 0.556 bits per heavy atom. The van der Waals surface area contributed by atoms with E-state index < -0.39 is 0 Å². The molecule has 1 nitrogen and oxygen atoms in total.